The molecule has 6 nitrogen and oxygen atoms in total. The van der Waals surface area contributed by atoms with E-state index in [9.17, 15) is 14.4 Å². The average Bonchev–Trinajstić information content (AvgIpc) is 3.29. The van der Waals surface area contributed by atoms with E-state index in [2.05, 4.69) is 12.2 Å². The molecule has 1 unspecified atom stereocenters. The van der Waals surface area contributed by atoms with Crippen molar-refractivity contribution in [1.29, 1.82) is 0 Å². The molecule has 3 amide bonds. The van der Waals surface area contributed by atoms with E-state index < -0.39 is 6.04 Å². The molecule has 0 fully saturated rings. The molecule has 4 aromatic rings. The van der Waals surface area contributed by atoms with Gasteiger partial charge in [0, 0.05) is 43.4 Å². The highest BCUT2D eigenvalue weighted by Crippen LogP contribution is 2.37. The van der Waals surface area contributed by atoms with Gasteiger partial charge in [-0.1, -0.05) is 97.2 Å². The minimum absolute atomic E-state index is 0.0517. The minimum Gasteiger partial charge on any atom is -0.354 e. The van der Waals surface area contributed by atoms with Crippen molar-refractivity contribution in [2.24, 2.45) is 0 Å². The number of hydrogen-bond donors (Lipinski definition) is 1. The Kier molecular flexibility index (Phi) is 10.0. The van der Waals surface area contributed by atoms with Crippen LogP contribution in [0, 0.1) is 0 Å². The first kappa shape index (κ1) is 30.6. The standard InChI is InChI=1S/C35H35Cl2N3O3/c1-2-3-19-38-34(42)31(22-24-10-5-4-6-11-24)40(23-25-17-18-28(36)29(37)21-25)32(41)16-9-20-39-30-15-8-13-26-12-7-14-27(33(26)30)35(39)43/h4-8,10-15,17-18,21,31H,2-3,9,16,19-20,22-23H2,1H3,(H,38,42). The molecule has 0 aromatic heterocycles. The Balaban J connectivity index is 1.38. The van der Waals surface area contributed by atoms with Crippen LogP contribution in [0.4, 0.5) is 5.69 Å². The third kappa shape index (κ3) is 7.03. The van der Waals surface area contributed by atoms with Crippen molar-refractivity contribution < 1.29 is 14.4 Å². The van der Waals surface area contributed by atoms with Gasteiger partial charge in [0.2, 0.25) is 11.8 Å². The maximum Gasteiger partial charge on any atom is 0.258 e. The van der Waals surface area contributed by atoms with Crippen LogP contribution in [-0.2, 0) is 22.6 Å². The molecule has 1 heterocycles. The van der Waals surface area contributed by atoms with E-state index >= 15 is 0 Å². The summed E-state index contributed by atoms with van der Waals surface area (Å²) in [5.74, 6) is -0.410. The minimum atomic E-state index is -0.729. The Morgan fingerprint density at radius 2 is 1.65 bits per heavy atom. The van der Waals surface area contributed by atoms with Gasteiger partial charge in [0.25, 0.3) is 5.91 Å². The number of carbonyl (C=O) groups is 3. The Morgan fingerprint density at radius 3 is 2.40 bits per heavy atom. The molecule has 43 heavy (non-hydrogen) atoms. The van der Waals surface area contributed by atoms with Crippen LogP contribution in [0.15, 0.2) is 84.9 Å². The highest BCUT2D eigenvalue weighted by Gasteiger charge is 2.32. The molecule has 0 saturated heterocycles. The van der Waals surface area contributed by atoms with Crippen LogP contribution >= 0.6 is 23.2 Å². The maximum absolute atomic E-state index is 14.0. The summed E-state index contributed by atoms with van der Waals surface area (Å²) in [6.45, 7) is 3.20. The van der Waals surface area contributed by atoms with Crippen LogP contribution in [-0.4, -0.2) is 41.8 Å². The molecule has 1 N–H and O–H groups in total. The van der Waals surface area contributed by atoms with Gasteiger partial charge in [0.15, 0.2) is 0 Å². The number of halogens is 2. The monoisotopic (exact) mass is 615 g/mol. The number of nitrogens with zero attached hydrogens (tertiary/aromatic N) is 2. The summed E-state index contributed by atoms with van der Waals surface area (Å²) in [5.41, 5.74) is 3.29. The van der Waals surface area contributed by atoms with Gasteiger partial charge in [0.05, 0.1) is 15.7 Å². The predicted molar refractivity (Wildman–Crippen MR) is 174 cm³/mol. The quantitative estimate of drug-likeness (QED) is 0.159. The van der Waals surface area contributed by atoms with Crippen molar-refractivity contribution in [2.45, 2.75) is 51.6 Å². The summed E-state index contributed by atoms with van der Waals surface area (Å²) < 4.78 is 0. The average molecular weight is 617 g/mol. The third-order valence-corrected chi connectivity index (χ3v) is 8.60. The Labute approximate surface area is 262 Å². The summed E-state index contributed by atoms with van der Waals surface area (Å²) in [4.78, 5) is 44.3. The summed E-state index contributed by atoms with van der Waals surface area (Å²) in [7, 11) is 0. The fourth-order valence-electron chi connectivity index (χ4n) is 5.63. The van der Waals surface area contributed by atoms with E-state index in [-0.39, 0.29) is 30.7 Å². The van der Waals surface area contributed by atoms with E-state index in [4.69, 9.17) is 23.2 Å². The van der Waals surface area contributed by atoms with Crippen LogP contribution in [0.2, 0.25) is 10.0 Å². The summed E-state index contributed by atoms with van der Waals surface area (Å²) >= 11 is 12.5. The zero-order valence-electron chi connectivity index (χ0n) is 24.2. The Bertz CT molecular complexity index is 1620. The molecule has 1 aliphatic rings. The van der Waals surface area contributed by atoms with Gasteiger partial charge in [-0.25, -0.2) is 0 Å². The fourth-order valence-corrected chi connectivity index (χ4v) is 5.95. The second kappa shape index (κ2) is 14.1. The lowest BCUT2D eigenvalue weighted by Crippen LogP contribution is -2.50. The van der Waals surface area contributed by atoms with Crippen molar-refractivity contribution in [2.75, 3.05) is 18.0 Å². The van der Waals surface area contributed by atoms with Crippen LogP contribution < -0.4 is 10.2 Å². The highest BCUT2D eigenvalue weighted by molar-refractivity contribution is 6.42. The van der Waals surface area contributed by atoms with Gasteiger partial charge in [-0.05, 0) is 53.6 Å². The van der Waals surface area contributed by atoms with Crippen molar-refractivity contribution in [1.82, 2.24) is 10.2 Å². The SMILES string of the molecule is CCCCNC(=O)C(Cc1ccccc1)N(Cc1ccc(Cl)c(Cl)c1)C(=O)CCCN1C(=O)c2cccc3cccc1c23. The fraction of sp³-hybridized carbons (Fsp3) is 0.286. The van der Waals surface area contributed by atoms with Crippen LogP contribution in [0.5, 0.6) is 0 Å². The molecular weight excluding hydrogens is 581 g/mol. The Morgan fingerprint density at radius 1 is 0.884 bits per heavy atom. The lowest BCUT2D eigenvalue weighted by atomic mass is 10.0. The number of anilines is 1. The maximum atomic E-state index is 14.0. The van der Waals surface area contributed by atoms with Gasteiger partial charge in [0.1, 0.15) is 6.04 Å². The molecule has 0 radical (unpaired) electrons. The first-order valence-electron chi connectivity index (χ1n) is 14.8. The van der Waals surface area contributed by atoms with Crippen molar-refractivity contribution in [3.8, 4) is 0 Å². The lowest BCUT2D eigenvalue weighted by molar-refractivity contribution is -0.141. The number of unbranched alkanes of at least 4 members (excludes halogenated alkanes) is 1. The van der Waals surface area contributed by atoms with E-state index in [1.807, 2.05) is 72.8 Å². The normalized spacial score (nSPS) is 12.9. The molecule has 5 rings (SSSR count). The van der Waals surface area contributed by atoms with E-state index in [1.165, 1.54) is 0 Å². The third-order valence-electron chi connectivity index (χ3n) is 7.86. The largest absolute Gasteiger partial charge is 0.354 e. The number of amides is 3. The molecular formula is C35H35Cl2N3O3. The lowest BCUT2D eigenvalue weighted by Gasteiger charge is -2.32. The second-order valence-corrected chi connectivity index (χ2v) is 11.7. The molecule has 4 aromatic carbocycles. The molecule has 222 valence electrons. The molecule has 0 aliphatic carbocycles. The Hall–Kier alpha value is -3.87. The van der Waals surface area contributed by atoms with Crippen LogP contribution in [0.1, 0.15) is 54.1 Å². The molecule has 8 heteroatoms. The molecule has 1 aliphatic heterocycles. The van der Waals surface area contributed by atoms with Gasteiger partial charge in [-0.15, -0.1) is 0 Å². The number of benzene rings is 4. The number of carbonyl (C=O) groups excluding carboxylic acids is 3. The first-order chi connectivity index (χ1) is 20.9. The van der Waals surface area contributed by atoms with Gasteiger partial charge in [-0.2, -0.15) is 0 Å². The summed E-state index contributed by atoms with van der Waals surface area (Å²) in [5, 5.41) is 5.83. The predicted octanol–water partition coefficient (Wildman–Crippen LogP) is 7.44. The van der Waals surface area contributed by atoms with Crippen molar-refractivity contribution in [3.05, 3.63) is 112 Å². The van der Waals surface area contributed by atoms with E-state index in [0.29, 0.717) is 41.5 Å². The highest BCUT2D eigenvalue weighted by atomic mass is 35.5. The van der Waals surface area contributed by atoms with Gasteiger partial charge >= 0.3 is 0 Å². The molecule has 0 spiro atoms. The number of rotatable bonds is 13. The molecule has 0 bridgehead atoms. The number of nitrogens with one attached hydrogen (secondary N) is 1. The van der Waals surface area contributed by atoms with Crippen molar-refractivity contribution >= 4 is 57.4 Å². The molecule has 1 atom stereocenters. The zero-order valence-corrected chi connectivity index (χ0v) is 25.7. The summed E-state index contributed by atoms with van der Waals surface area (Å²) in [6.07, 6.45) is 2.78. The zero-order chi connectivity index (χ0) is 30.3. The second-order valence-electron chi connectivity index (χ2n) is 10.9. The van der Waals surface area contributed by atoms with E-state index in [1.54, 1.807) is 21.9 Å². The van der Waals surface area contributed by atoms with Gasteiger partial charge < -0.3 is 15.1 Å². The van der Waals surface area contributed by atoms with Crippen LogP contribution in [0.3, 0.4) is 0 Å². The summed E-state index contributed by atoms with van der Waals surface area (Å²) in [6, 6.07) is 25.9. The van der Waals surface area contributed by atoms with E-state index in [0.717, 1.165) is 40.4 Å². The van der Waals surface area contributed by atoms with Gasteiger partial charge in [-0.3, -0.25) is 14.4 Å². The van der Waals surface area contributed by atoms with Crippen LogP contribution in [0.25, 0.3) is 10.8 Å². The van der Waals surface area contributed by atoms with Crippen molar-refractivity contribution in [3.63, 3.8) is 0 Å². The topological polar surface area (TPSA) is 69.7 Å². The number of hydrogen-bond acceptors (Lipinski definition) is 3. The smallest absolute Gasteiger partial charge is 0.258 e. The first-order valence-corrected chi connectivity index (χ1v) is 15.5. The molecule has 0 saturated carbocycles.